The van der Waals surface area contributed by atoms with E-state index in [0.29, 0.717) is 35.0 Å². The molecule has 1 fully saturated rings. The van der Waals surface area contributed by atoms with Crippen LogP contribution in [-0.4, -0.2) is 25.7 Å². The summed E-state index contributed by atoms with van der Waals surface area (Å²) in [6.07, 6.45) is 0.589. The van der Waals surface area contributed by atoms with Crippen LogP contribution in [0.3, 0.4) is 0 Å². The van der Waals surface area contributed by atoms with Gasteiger partial charge in [0.15, 0.2) is 11.5 Å². The van der Waals surface area contributed by atoms with Crippen LogP contribution in [0.2, 0.25) is 0 Å². The Balaban J connectivity index is 1.53. The fourth-order valence-electron chi connectivity index (χ4n) is 4.46. The van der Waals surface area contributed by atoms with Gasteiger partial charge in [-0.2, -0.15) is 0 Å². The molecule has 0 spiro atoms. The lowest BCUT2D eigenvalue weighted by molar-refractivity contribution is -0.125. The molecular formula is C26H23FN2O5. The Hall–Kier alpha value is -4.07. The Bertz CT molecular complexity index is 1210. The molecule has 2 aliphatic heterocycles. The summed E-state index contributed by atoms with van der Waals surface area (Å²) < 4.78 is 29.5. The van der Waals surface area contributed by atoms with Crippen molar-refractivity contribution in [1.29, 1.82) is 0 Å². The number of methoxy groups -OCH3 is 1. The first-order valence-corrected chi connectivity index (χ1v) is 11.0. The van der Waals surface area contributed by atoms with Gasteiger partial charge in [-0.25, -0.2) is 4.39 Å². The minimum absolute atomic E-state index is 0.0921. The predicted octanol–water partition coefficient (Wildman–Crippen LogP) is 4.69. The van der Waals surface area contributed by atoms with Gasteiger partial charge in [0, 0.05) is 23.9 Å². The minimum atomic E-state index is -0.562. The van der Waals surface area contributed by atoms with Gasteiger partial charge in [0.05, 0.1) is 19.1 Å². The van der Waals surface area contributed by atoms with Crippen molar-refractivity contribution in [3.63, 3.8) is 0 Å². The second-order valence-corrected chi connectivity index (χ2v) is 8.16. The summed E-state index contributed by atoms with van der Waals surface area (Å²) in [5.74, 6) is 0.577. The predicted molar refractivity (Wildman–Crippen MR) is 124 cm³/mol. The molecule has 1 saturated heterocycles. The van der Waals surface area contributed by atoms with E-state index < -0.39 is 12.0 Å². The number of anilines is 2. The molecule has 34 heavy (non-hydrogen) atoms. The van der Waals surface area contributed by atoms with E-state index in [2.05, 4.69) is 5.32 Å². The standard InChI is InChI=1S/C26H23FN2O5/c1-32-20-9-2-16(3-10-20)25-21(26(31)28-18-6-4-17(27)5-7-18)11-13-24(30)29(25)19-8-12-22-23(14-19)34-15-33-22/h2-10,12,14,21,25H,11,13,15H2,1H3,(H,28,31). The second-order valence-electron chi connectivity index (χ2n) is 8.16. The number of piperidine rings is 1. The van der Waals surface area contributed by atoms with Crippen LogP contribution in [0.15, 0.2) is 66.7 Å². The van der Waals surface area contributed by atoms with E-state index >= 15 is 0 Å². The molecule has 2 heterocycles. The Morgan fingerprint density at radius 3 is 2.50 bits per heavy atom. The van der Waals surface area contributed by atoms with Gasteiger partial charge in [-0.3, -0.25) is 9.59 Å². The number of halogens is 1. The summed E-state index contributed by atoms with van der Waals surface area (Å²) in [4.78, 5) is 28.3. The first-order valence-electron chi connectivity index (χ1n) is 11.0. The monoisotopic (exact) mass is 462 g/mol. The average molecular weight is 462 g/mol. The minimum Gasteiger partial charge on any atom is -0.497 e. The molecule has 5 rings (SSSR count). The van der Waals surface area contributed by atoms with E-state index in [1.807, 2.05) is 12.1 Å². The van der Waals surface area contributed by atoms with Crippen molar-refractivity contribution in [3.05, 3.63) is 78.1 Å². The molecule has 0 aliphatic carbocycles. The molecular weight excluding hydrogens is 439 g/mol. The lowest BCUT2D eigenvalue weighted by atomic mass is 9.83. The van der Waals surface area contributed by atoms with Crippen molar-refractivity contribution in [1.82, 2.24) is 0 Å². The van der Waals surface area contributed by atoms with Gasteiger partial charge in [0.25, 0.3) is 0 Å². The fraction of sp³-hybridized carbons (Fsp3) is 0.231. The summed E-state index contributed by atoms with van der Waals surface area (Å²) in [5.41, 5.74) is 1.91. The van der Waals surface area contributed by atoms with Gasteiger partial charge < -0.3 is 24.4 Å². The van der Waals surface area contributed by atoms with Crippen LogP contribution >= 0.6 is 0 Å². The van der Waals surface area contributed by atoms with Crippen LogP contribution in [0, 0.1) is 11.7 Å². The van der Waals surface area contributed by atoms with Crippen molar-refractivity contribution in [2.75, 3.05) is 24.1 Å². The Morgan fingerprint density at radius 2 is 1.76 bits per heavy atom. The normalized spacial score (nSPS) is 19.1. The number of fused-ring (bicyclic) bond motifs is 1. The van der Waals surface area contributed by atoms with E-state index in [9.17, 15) is 14.0 Å². The molecule has 1 N–H and O–H groups in total. The van der Waals surface area contributed by atoms with Gasteiger partial charge in [-0.05, 0) is 60.5 Å². The van der Waals surface area contributed by atoms with Crippen LogP contribution in [0.4, 0.5) is 15.8 Å². The summed E-state index contributed by atoms with van der Waals surface area (Å²) in [6, 6.07) is 17.7. The quantitative estimate of drug-likeness (QED) is 0.596. The number of nitrogens with zero attached hydrogens (tertiary/aromatic N) is 1. The number of amides is 2. The lowest BCUT2D eigenvalue weighted by Crippen LogP contribution is -2.47. The third-order valence-electron chi connectivity index (χ3n) is 6.14. The first-order chi connectivity index (χ1) is 16.5. The maximum atomic E-state index is 13.4. The van der Waals surface area contributed by atoms with Gasteiger partial charge >= 0.3 is 0 Å². The van der Waals surface area contributed by atoms with Crippen molar-refractivity contribution in [2.45, 2.75) is 18.9 Å². The molecule has 3 aromatic rings. The maximum absolute atomic E-state index is 13.4. The van der Waals surface area contributed by atoms with Crippen molar-refractivity contribution >= 4 is 23.2 Å². The maximum Gasteiger partial charge on any atom is 0.231 e. The number of rotatable bonds is 5. The molecule has 0 radical (unpaired) electrons. The summed E-state index contributed by atoms with van der Waals surface area (Å²) in [6.45, 7) is 0.122. The highest BCUT2D eigenvalue weighted by Gasteiger charge is 2.42. The van der Waals surface area contributed by atoms with Gasteiger partial charge in [0.1, 0.15) is 11.6 Å². The molecule has 0 bridgehead atoms. The number of nitrogens with one attached hydrogen (secondary N) is 1. The Labute approximate surface area is 196 Å². The van der Waals surface area contributed by atoms with Gasteiger partial charge in [0.2, 0.25) is 18.6 Å². The SMILES string of the molecule is COc1ccc(C2C(C(=O)Nc3ccc(F)cc3)CCC(=O)N2c2ccc3c(c2)OCO3)cc1. The Kier molecular flexibility index (Phi) is 5.79. The third-order valence-corrected chi connectivity index (χ3v) is 6.14. The highest BCUT2D eigenvalue weighted by atomic mass is 19.1. The molecule has 2 unspecified atom stereocenters. The third kappa shape index (κ3) is 4.14. The van der Waals surface area contributed by atoms with Crippen LogP contribution < -0.4 is 24.4 Å². The van der Waals surface area contributed by atoms with E-state index in [1.165, 1.54) is 24.3 Å². The van der Waals surface area contributed by atoms with E-state index in [-0.39, 0.29) is 30.8 Å². The molecule has 174 valence electrons. The molecule has 3 aromatic carbocycles. The van der Waals surface area contributed by atoms with E-state index in [1.54, 1.807) is 42.3 Å². The van der Waals surface area contributed by atoms with E-state index in [0.717, 1.165) is 5.56 Å². The zero-order valence-electron chi connectivity index (χ0n) is 18.5. The highest BCUT2D eigenvalue weighted by molar-refractivity contribution is 6.00. The number of hydrogen-bond acceptors (Lipinski definition) is 5. The zero-order chi connectivity index (χ0) is 23.7. The molecule has 0 saturated carbocycles. The van der Waals surface area contributed by atoms with Crippen molar-refractivity contribution in [2.24, 2.45) is 5.92 Å². The molecule has 2 aliphatic rings. The fourth-order valence-corrected chi connectivity index (χ4v) is 4.46. The smallest absolute Gasteiger partial charge is 0.231 e. The van der Waals surface area contributed by atoms with Crippen molar-refractivity contribution in [3.8, 4) is 17.2 Å². The topological polar surface area (TPSA) is 77.1 Å². The number of hydrogen-bond donors (Lipinski definition) is 1. The van der Waals surface area contributed by atoms with Crippen LogP contribution in [0.5, 0.6) is 17.2 Å². The molecule has 8 heteroatoms. The molecule has 7 nitrogen and oxygen atoms in total. The average Bonchev–Trinajstić information content (AvgIpc) is 3.33. The van der Waals surface area contributed by atoms with Crippen LogP contribution in [0.1, 0.15) is 24.4 Å². The Morgan fingerprint density at radius 1 is 1.03 bits per heavy atom. The number of carbonyl (C=O) groups is 2. The van der Waals surface area contributed by atoms with Crippen molar-refractivity contribution < 1.29 is 28.2 Å². The number of benzene rings is 3. The molecule has 2 atom stereocenters. The van der Waals surface area contributed by atoms with Gasteiger partial charge in [-0.1, -0.05) is 12.1 Å². The number of ether oxygens (including phenoxy) is 3. The lowest BCUT2D eigenvalue weighted by Gasteiger charge is -2.41. The molecule has 2 amide bonds. The number of carbonyl (C=O) groups excluding carboxylic acids is 2. The van der Waals surface area contributed by atoms with Crippen LogP contribution in [-0.2, 0) is 9.59 Å². The summed E-state index contributed by atoms with van der Waals surface area (Å²) in [5, 5.41) is 2.88. The summed E-state index contributed by atoms with van der Waals surface area (Å²) in [7, 11) is 1.58. The summed E-state index contributed by atoms with van der Waals surface area (Å²) >= 11 is 0. The van der Waals surface area contributed by atoms with Gasteiger partial charge in [-0.15, -0.1) is 0 Å². The first kappa shape index (κ1) is 21.8. The zero-order valence-corrected chi connectivity index (χ0v) is 18.5. The largest absolute Gasteiger partial charge is 0.497 e. The van der Waals surface area contributed by atoms with E-state index in [4.69, 9.17) is 14.2 Å². The molecule has 0 aromatic heterocycles. The highest BCUT2D eigenvalue weighted by Crippen LogP contribution is 2.44. The second kappa shape index (κ2) is 9.05. The van der Waals surface area contributed by atoms with Crippen LogP contribution in [0.25, 0.3) is 0 Å².